The van der Waals surface area contributed by atoms with Crippen LogP contribution in [0.1, 0.15) is 30.9 Å². The topological polar surface area (TPSA) is 33.7 Å². The summed E-state index contributed by atoms with van der Waals surface area (Å²) in [5, 5.41) is 3.44. The second-order valence-electron chi connectivity index (χ2n) is 6.09. The lowest BCUT2D eigenvalue weighted by atomic mass is 9.97. The molecule has 3 rings (SSSR count). The van der Waals surface area contributed by atoms with Gasteiger partial charge in [0, 0.05) is 37.8 Å². The molecule has 0 aromatic heterocycles. The number of hydrogen-bond acceptors (Lipinski definition) is 4. The fraction of sp³-hybridized carbons (Fsp3) is 0.647. The molecule has 0 amide bonds. The Labute approximate surface area is 127 Å². The van der Waals surface area contributed by atoms with Gasteiger partial charge >= 0.3 is 0 Å². The van der Waals surface area contributed by atoms with E-state index in [0.29, 0.717) is 6.04 Å². The van der Waals surface area contributed by atoms with Gasteiger partial charge in [-0.3, -0.25) is 4.90 Å². The molecule has 0 unspecified atom stereocenters. The summed E-state index contributed by atoms with van der Waals surface area (Å²) in [7, 11) is 3.49. The summed E-state index contributed by atoms with van der Waals surface area (Å²) in [5.41, 5.74) is 1.28. The first-order chi connectivity index (χ1) is 10.3. The first kappa shape index (κ1) is 14.7. The molecule has 0 spiro atoms. The Morgan fingerprint density at radius 1 is 1.19 bits per heavy atom. The van der Waals surface area contributed by atoms with Crippen LogP contribution in [0.25, 0.3) is 0 Å². The van der Waals surface area contributed by atoms with Crippen LogP contribution in [0.2, 0.25) is 0 Å². The highest BCUT2D eigenvalue weighted by atomic mass is 16.5. The van der Waals surface area contributed by atoms with E-state index in [4.69, 9.17) is 9.47 Å². The van der Waals surface area contributed by atoms with E-state index in [1.54, 1.807) is 14.2 Å². The lowest BCUT2D eigenvalue weighted by Crippen LogP contribution is -2.45. The highest BCUT2D eigenvalue weighted by Crippen LogP contribution is 2.43. The second kappa shape index (κ2) is 6.67. The number of nitrogens with one attached hydrogen (secondary N) is 1. The molecular weight excluding hydrogens is 264 g/mol. The van der Waals surface area contributed by atoms with E-state index >= 15 is 0 Å². The third kappa shape index (κ3) is 3.50. The number of ether oxygens (including phenoxy) is 2. The zero-order valence-corrected chi connectivity index (χ0v) is 13.1. The lowest BCUT2D eigenvalue weighted by molar-refractivity contribution is 0.157. The van der Waals surface area contributed by atoms with Crippen LogP contribution in [-0.2, 0) is 0 Å². The van der Waals surface area contributed by atoms with Crippen molar-refractivity contribution in [3.63, 3.8) is 0 Å². The quantitative estimate of drug-likeness (QED) is 0.872. The maximum atomic E-state index is 5.62. The standard InChI is InChI=1S/C17H26N2O2/c1-20-14-5-6-17(21-2)15(12-14)16(11-13-3-4-13)19-9-7-18-8-10-19/h5-6,12-13,16,18H,3-4,7-11H2,1-2H3/t16-/m0/s1. The predicted molar refractivity (Wildman–Crippen MR) is 84.1 cm³/mol. The monoisotopic (exact) mass is 290 g/mol. The molecule has 21 heavy (non-hydrogen) atoms. The van der Waals surface area contributed by atoms with E-state index < -0.39 is 0 Å². The molecule has 116 valence electrons. The van der Waals surface area contributed by atoms with Crippen molar-refractivity contribution in [1.82, 2.24) is 10.2 Å². The maximum absolute atomic E-state index is 5.62. The molecule has 1 atom stereocenters. The minimum absolute atomic E-state index is 0.449. The van der Waals surface area contributed by atoms with Crippen LogP contribution in [0.4, 0.5) is 0 Å². The molecule has 0 radical (unpaired) electrons. The SMILES string of the molecule is COc1ccc(OC)c([C@H](CC2CC2)N2CCNCC2)c1. The lowest BCUT2D eigenvalue weighted by Gasteiger charge is -2.36. The second-order valence-corrected chi connectivity index (χ2v) is 6.09. The summed E-state index contributed by atoms with van der Waals surface area (Å²) < 4.78 is 11.0. The minimum Gasteiger partial charge on any atom is -0.497 e. The Balaban J connectivity index is 1.89. The van der Waals surface area contributed by atoms with Gasteiger partial charge < -0.3 is 14.8 Å². The van der Waals surface area contributed by atoms with Crippen molar-refractivity contribution in [2.45, 2.75) is 25.3 Å². The van der Waals surface area contributed by atoms with Crippen LogP contribution < -0.4 is 14.8 Å². The highest BCUT2D eigenvalue weighted by molar-refractivity contribution is 5.42. The predicted octanol–water partition coefficient (Wildman–Crippen LogP) is 2.45. The van der Waals surface area contributed by atoms with Crippen molar-refractivity contribution in [1.29, 1.82) is 0 Å². The third-order valence-corrected chi connectivity index (χ3v) is 4.64. The van der Waals surface area contributed by atoms with Crippen LogP contribution in [-0.4, -0.2) is 45.3 Å². The summed E-state index contributed by atoms with van der Waals surface area (Å²) >= 11 is 0. The molecule has 4 heteroatoms. The zero-order chi connectivity index (χ0) is 14.7. The molecular formula is C17H26N2O2. The highest BCUT2D eigenvalue weighted by Gasteiger charge is 2.32. The van der Waals surface area contributed by atoms with Gasteiger partial charge in [0.25, 0.3) is 0 Å². The van der Waals surface area contributed by atoms with E-state index in [-0.39, 0.29) is 0 Å². The Hall–Kier alpha value is -1.26. The fourth-order valence-corrected chi connectivity index (χ4v) is 3.24. The molecule has 1 aromatic carbocycles. The van der Waals surface area contributed by atoms with Crippen LogP contribution in [0.5, 0.6) is 11.5 Å². The van der Waals surface area contributed by atoms with E-state index in [9.17, 15) is 0 Å². The number of piperazine rings is 1. The van der Waals surface area contributed by atoms with Gasteiger partial charge in [-0.1, -0.05) is 12.8 Å². The molecule has 4 nitrogen and oxygen atoms in total. The molecule has 1 aliphatic heterocycles. The average molecular weight is 290 g/mol. The van der Waals surface area contributed by atoms with Gasteiger partial charge in [-0.2, -0.15) is 0 Å². The van der Waals surface area contributed by atoms with Gasteiger partial charge in [-0.05, 0) is 30.5 Å². The Morgan fingerprint density at radius 2 is 1.95 bits per heavy atom. The number of benzene rings is 1. The Morgan fingerprint density at radius 3 is 2.57 bits per heavy atom. The first-order valence-corrected chi connectivity index (χ1v) is 7.98. The van der Waals surface area contributed by atoms with E-state index in [2.05, 4.69) is 16.3 Å². The zero-order valence-electron chi connectivity index (χ0n) is 13.1. The third-order valence-electron chi connectivity index (χ3n) is 4.64. The van der Waals surface area contributed by atoms with Gasteiger partial charge in [-0.15, -0.1) is 0 Å². The minimum atomic E-state index is 0.449. The van der Waals surface area contributed by atoms with Crippen molar-refractivity contribution in [2.24, 2.45) is 5.92 Å². The van der Waals surface area contributed by atoms with Crippen molar-refractivity contribution in [2.75, 3.05) is 40.4 Å². The smallest absolute Gasteiger partial charge is 0.123 e. The summed E-state index contributed by atoms with van der Waals surface area (Å²) in [6.45, 7) is 4.37. The van der Waals surface area contributed by atoms with Crippen LogP contribution in [0, 0.1) is 5.92 Å². The normalized spacial score (nSPS) is 21.0. The Kier molecular flexibility index (Phi) is 4.66. The molecule has 2 aliphatic rings. The number of hydrogen-bond donors (Lipinski definition) is 1. The van der Waals surface area contributed by atoms with E-state index in [0.717, 1.165) is 43.6 Å². The molecule has 1 aromatic rings. The van der Waals surface area contributed by atoms with Gasteiger partial charge in [0.1, 0.15) is 11.5 Å². The van der Waals surface area contributed by atoms with Gasteiger partial charge in [0.15, 0.2) is 0 Å². The molecule has 1 N–H and O–H groups in total. The fourth-order valence-electron chi connectivity index (χ4n) is 3.24. The molecule has 1 aliphatic carbocycles. The maximum Gasteiger partial charge on any atom is 0.123 e. The van der Waals surface area contributed by atoms with E-state index in [1.165, 1.54) is 24.8 Å². The molecule has 2 fully saturated rings. The molecule has 0 bridgehead atoms. The van der Waals surface area contributed by atoms with Crippen LogP contribution in [0.15, 0.2) is 18.2 Å². The average Bonchev–Trinajstić information content (AvgIpc) is 3.37. The van der Waals surface area contributed by atoms with Gasteiger partial charge in [0.05, 0.1) is 14.2 Å². The molecule has 1 saturated heterocycles. The van der Waals surface area contributed by atoms with Crippen molar-refractivity contribution in [3.8, 4) is 11.5 Å². The number of nitrogens with zero attached hydrogens (tertiary/aromatic N) is 1. The largest absolute Gasteiger partial charge is 0.497 e. The summed E-state index contributed by atoms with van der Waals surface area (Å²) in [6, 6.07) is 6.63. The van der Waals surface area contributed by atoms with Gasteiger partial charge in [0.2, 0.25) is 0 Å². The Bertz CT molecular complexity index is 468. The number of rotatable bonds is 6. The summed E-state index contributed by atoms with van der Waals surface area (Å²) in [6.07, 6.45) is 4.01. The molecule has 1 saturated carbocycles. The van der Waals surface area contributed by atoms with Crippen LogP contribution in [0.3, 0.4) is 0 Å². The van der Waals surface area contributed by atoms with Crippen molar-refractivity contribution in [3.05, 3.63) is 23.8 Å². The van der Waals surface area contributed by atoms with Crippen molar-refractivity contribution < 1.29 is 9.47 Å². The summed E-state index contributed by atoms with van der Waals surface area (Å²) in [4.78, 5) is 2.60. The van der Waals surface area contributed by atoms with Crippen LogP contribution >= 0.6 is 0 Å². The molecule has 1 heterocycles. The van der Waals surface area contributed by atoms with E-state index in [1.807, 2.05) is 12.1 Å². The van der Waals surface area contributed by atoms with Crippen molar-refractivity contribution >= 4 is 0 Å². The first-order valence-electron chi connectivity index (χ1n) is 7.98. The number of methoxy groups -OCH3 is 2. The summed E-state index contributed by atoms with van der Waals surface area (Å²) in [5.74, 6) is 2.79. The van der Waals surface area contributed by atoms with Gasteiger partial charge in [-0.25, -0.2) is 0 Å².